The maximum Gasteiger partial charge on any atom is 0.347 e. The van der Waals surface area contributed by atoms with E-state index in [0.29, 0.717) is 30.8 Å². The molecule has 480 valence electrons. The SMILES string of the molecule is C.CN(CCCc1ccc(O)cc1)CC(c1ccc(Cl)cc1)c1ccc(Cl)cc1.COC(=O)C(CCCC(=O)OC(C)(C)C)Oc1ccc(CCCN(C)CC(c2ccc(Cl)cc2)c2ccc(Cl)cc2)cc1.COC(=O)C(O)CCCC(=O)OC(C)(C)C. The van der Waals surface area contributed by atoms with Crippen LogP contribution < -0.4 is 4.74 Å². The molecule has 0 saturated heterocycles. The summed E-state index contributed by atoms with van der Waals surface area (Å²) in [6.45, 7) is 14.5. The van der Waals surface area contributed by atoms with Crippen molar-refractivity contribution in [1.29, 1.82) is 0 Å². The van der Waals surface area contributed by atoms with Crippen molar-refractivity contribution in [1.82, 2.24) is 9.80 Å². The molecule has 0 aliphatic heterocycles. The molecule has 6 rings (SSSR count). The van der Waals surface area contributed by atoms with Crippen LogP contribution in [0.1, 0.15) is 146 Å². The monoisotopic (exact) mass is 1290 g/mol. The quantitative estimate of drug-likeness (QED) is 0.0353. The van der Waals surface area contributed by atoms with Gasteiger partial charge in [0.1, 0.15) is 22.7 Å². The molecule has 13 nitrogen and oxygen atoms in total. The Morgan fingerprint density at radius 3 is 1.14 bits per heavy atom. The van der Waals surface area contributed by atoms with Gasteiger partial charge >= 0.3 is 23.9 Å². The highest BCUT2D eigenvalue weighted by Gasteiger charge is 2.24. The predicted octanol–water partition coefficient (Wildman–Crippen LogP) is 16.2. The number of aliphatic hydroxyl groups excluding tert-OH is 1. The van der Waals surface area contributed by atoms with E-state index in [9.17, 15) is 29.4 Å². The van der Waals surface area contributed by atoms with Gasteiger partial charge in [-0.15, -0.1) is 0 Å². The number of aliphatic hydroxyl groups is 1. The standard InChI is InChI=1S/C35H43Cl2NO5.C24H25Cl2NO.C11H20O5.CH4/c1-35(2,3)43-33(39)10-6-9-32(34(40)41-5)42-30-21-11-25(12-22-30)8-7-23-38(4)24-31(26-13-17-28(36)18-14-26)27-15-19-29(37)20-16-27;1-27(16-2-3-18-4-14-23(28)15-5-18)17-24(19-6-10-21(25)11-7-19)20-8-12-22(26)13-9-20;1-11(2,3)16-9(13)7-5-6-8(12)10(14)15-4;/h11-22,31-32H,6-10,23-24H2,1-5H3;4-15,24,28H,2-3,16-17H2,1H3;8,12H,5-7H2,1-4H3;1H4. The summed E-state index contributed by atoms with van der Waals surface area (Å²) in [5.74, 6) is -0.412. The first-order valence-corrected chi connectivity index (χ1v) is 30.9. The number of nitrogens with zero attached hydrogens (tertiary/aromatic N) is 2. The molecule has 6 aromatic carbocycles. The van der Waals surface area contributed by atoms with Crippen LogP contribution in [0.25, 0.3) is 0 Å². The van der Waals surface area contributed by atoms with E-state index in [1.807, 2.05) is 106 Å². The zero-order chi connectivity index (χ0) is 64.1. The lowest BCUT2D eigenvalue weighted by molar-refractivity contribution is -0.156. The number of carbonyl (C=O) groups is 4. The molecule has 0 saturated carbocycles. The molecule has 0 bridgehead atoms. The molecule has 0 aromatic heterocycles. The van der Waals surface area contributed by atoms with Gasteiger partial charge in [0.25, 0.3) is 0 Å². The minimum absolute atomic E-state index is 0. The first kappa shape index (κ1) is 76.1. The molecule has 0 aliphatic carbocycles. The van der Waals surface area contributed by atoms with Gasteiger partial charge in [0, 0.05) is 57.9 Å². The summed E-state index contributed by atoms with van der Waals surface area (Å²) < 4.78 is 25.6. The normalized spacial score (nSPS) is 12.0. The number of aryl methyl sites for hydroxylation is 2. The van der Waals surface area contributed by atoms with Crippen LogP contribution in [0.3, 0.4) is 0 Å². The summed E-state index contributed by atoms with van der Waals surface area (Å²) in [7, 11) is 6.85. The molecule has 2 atom stereocenters. The van der Waals surface area contributed by atoms with Crippen molar-refractivity contribution in [2.24, 2.45) is 0 Å². The molecule has 88 heavy (non-hydrogen) atoms. The van der Waals surface area contributed by atoms with Crippen molar-refractivity contribution >= 4 is 70.3 Å². The van der Waals surface area contributed by atoms with Crippen molar-refractivity contribution in [3.05, 3.63) is 199 Å². The van der Waals surface area contributed by atoms with Gasteiger partial charge in [0.2, 0.25) is 0 Å². The minimum atomic E-state index is -1.16. The third-order valence-electron chi connectivity index (χ3n) is 13.7. The number of esters is 4. The lowest BCUT2D eigenvalue weighted by Gasteiger charge is -2.25. The van der Waals surface area contributed by atoms with Crippen LogP contribution in [0.4, 0.5) is 0 Å². The number of carbonyl (C=O) groups excluding carboxylic acids is 4. The molecule has 0 spiro atoms. The number of phenolic OH excluding ortho intramolecular Hbond substituents is 1. The van der Waals surface area contributed by atoms with Gasteiger partial charge in [-0.25, -0.2) is 9.59 Å². The Morgan fingerprint density at radius 2 is 0.807 bits per heavy atom. The van der Waals surface area contributed by atoms with E-state index in [2.05, 4.69) is 77.2 Å². The van der Waals surface area contributed by atoms with Crippen LogP contribution >= 0.6 is 46.4 Å². The second-order valence-corrected chi connectivity index (χ2v) is 25.2. The number of likely N-dealkylation sites (N-methyl/N-ethyl adjacent to an activating group) is 2. The maximum atomic E-state index is 12.3. The van der Waals surface area contributed by atoms with E-state index in [4.69, 9.17) is 65.4 Å². The van der Waals surface area contributed by atoms with Crippen molar-refractivity contribution < 1.29 is 53.1 Å². The molecule has 0 radical (unpaired) electrons. The predicted molar refractivity (Wildman–Crippen MR) is 356 cm³/mol. The molecule has 6 aromatic rings. The summed E-state index contributed by atoms with van der Waals surface area (Å²) >= 11 is 24.5. The lowest BCUT2D eigenvalue weighted by Crippen LogP contribution is -2.29. The summed E-state index contributed by atoms with van der Waals surface area (Å²) in [6.07, 6.45) is 3.81. The van der Waals surface area contributed by atoms with Crippen LogP contribution in [0.5, 0.6) is 11.5 Å². The van der Waals surface area contributed by atoms with Crippen LogP contribution in [0.15, 0.2) is 146 Å². The van der Waals surface area contributed by atoms with Gasteiger partial charge in [-0.2, -0.15) is 0 Å². The van der Waals surface area contributed by atoms with E-state index in [1.54, 1.807) is 32.9 Å². The molecular formula is C71H92Cl4N2O11. The fourth-order valence-electron chi connectivity index (χ4n) is 9.33. The van der Waals surface area contributed by atoms with Gasteiger partial charge < -0.3 is 43.7 Å². The Morgan fingerprint density at radius 1 is 0.477 bits per heavy atom. The van der Waals surface area contributed by atoms with Crippen molar-refractivity contribution in [2.75, 3.05) is 54.5 Å². The lowest BCUT2D eigenvalue weighted by atomic mass is 9.91. The minimum Gasteiger partial charge on any atom is -0.508 e. The first-order valence-electron chi connectivity index (χ1n) is 29.4. The van der Waals surface area contributed by atoms with Crippen LogP contribution in [0.2, 0.25) is 20.1 Å². The number of methoxy groups -OCH3 is 2. The highest BCUT2D eigenvalue weighted by Crippen LogP contribution is 2.30. The number of rotatable bonds is 28. The van der Waals surface area contributed by atoms with Crippen molar-refractivity contribution in [3.8, 4) is 11.5 Å². The topological polar surface area (TPSA) is 161 Å². The Kier molecular flexibility index (Phi) is 33.8. The molecule has 2 N–H and O–H groups in total. The molecule has 0 amide bonds. The molecule has 17 heteroatoms. The summed E-state index contributed by atoms with van der Waals surface area (Å²) in [5, 5.41) is 21.6. The zero-order valence-corrected chi connectivity index (χ0v) is 55.1. The number of hydrogen-bond donors (Lipinski definition) is 2. The number of phenols is 1. The smallest absolute Gasteiger partial charge is 0.347 e. The average molecular weight is 1290 g/mol. The van der Waals surface area contributed by atoms with Crippen LogP contribution in [-0.2, 0) is 51.0 Å². The molecule has 2 unspecified atom stereocenters. The number of hydrogen-bond acceptors (Lipinski definition) is 13. The van der Waals surface area contributed by atoms with E-state index in [0.717, 1.165) is 72.0 Å². The van der Waals surface area contributed by atoms with Gasteiger partial charge in [-0.05, 0) is 226 Å². The largest absolute Gasteiger partial charge is 0.508 e. The van der Waals surface area contributed by atoms with Crippen molar-refractivity contribution in [3.63, 3.8) is 0 Å². The summed E-state index contributed by atoms with van der Waals surface area (Å²) in [5.41, 5.74) is 6.31. The maximum absolute atomic E-state index is 12.3. The second-order valence-electron chi connectivity index (χ2n) is 23.5. The highest BCUT2D eigenvalue weighted by atomic mass is 35.5. The molecule has 0 fully saturated rings. The van der Waals surface area contributed by atoms with E-state index in [-0.39, 0.29) is 50.5 Å². The molecule has 0 aliphatic rings. The van der Waals surface area contributed by atoms with E-state index >= 15 is 0 Å². The van der Waals surface area contributed by atoms with Crippen LogP contribution in [0, 0.1) is 0 Å². The van der Waals surface area contributed by atoms with Gasteiger partial charge in [0.05, 0.1) is 14.2 Å². The number of ether oxygens (including phenoxy) is 5. The Hall–Kier alpha value is -6.16. The fourth-order valence-corrected chi connectivity index (χ4v) is 9.83. The summed E-state index contributed by atoms with van der Waals surface area (Å²) in [4.78, 5) is 51.1. The number of halogens is 4. The number of benzene rings is 6. The van der Waals surface area contributed by atoms with Gasteiger partial charge in [0.15, 0.2) is 12.2 Å². The first-order chi connectivity index (χ1) is 41.2. The van der Waals surface area contributed by atoms with Crippen molar-refractivity contribution in [2.45, 2.75) is 148 Å². The van der Waals surface area contributed by atoms with E-state index in [1.165, 1.54) is 47.6 Å². The van der Waals surface area contributed by atoms with Gasteiger partial charge in [-0.1, -0.05) is 127 Å². The Bertz CT molecular complexity index is 2880. The highest BCUT2D eigenvalue weighted by molar-refractivity contribution is 6.31. The van der Waals surface area contributed by atoms with E-state index < -0.39 is 35.3 Å². The third-order valence-corrected chi connectivity index (χ3v) is 14.7. The Labute approximate surface area is 543 Å². The van der Waals surface area contributed by atoms with Crippen LogP contribution in [-0.4, -0.2) is 122 Å². The summed E-state index contributed by atoms with van der Waals surface area (Å²) in [6, 6.07) is 47.6. The Balaban J connectivity index is 0.000000384. The molecule has 0 heterocycles. The zero-order valence-electron chi connectivity index (χ0n) is 52.0. The fraction of sp³-hybridized carbons (Fsp3) is 0.437. The average Bonchev–Trinajstić information content (AvgIpc) is 3.60. The molecular weight excluding hydrogens is 1200 g/mol. The van der Waals surface area contributed by atoms with Gasteiger partial charge in [-0.3, -0.25) is 9.59 Å². The second kappa shape index (κ2) is 39.1. The number of aromatic hydroxyl groups is 1. The third kappa shape index (κ3) is 30.4.